The molecule has 0 unspecified atom stereocenters. The molecule has 3 heteroatoms. The molecule has 0 saturated heterocycles. The maximum absolute atomic E-state index is 10.9. The van der Waals surface area contributed by atoms with Crippen molar-refractivity contribution in [3.05, 3.63) is 0 Å². The first-order valence-corrected chi connectivity index (χ1v) is 5.59. The molecule has 0 spiro atoms. The summed E-state index contributed by atoms with van der Waals surface area (Å²) >= 11 is 0. The highest BCUT2D eigenvalue weighted by Crippen LogP contribution is 2.43. The van der Waals surface area contributed by atoms with E-state index < -0.39 is 5.97 Å². The molecule has 1 aliphatic rings. The van der Waals surface area contributed by atoms with Gasteiger partial charge in [-0.1, -0.05) is 20.3 Å². The first-order valence-electron chi connectivity index (χ1n) is 5.59. The molecule has 15 heavy (non-hydrogen) atoms. The smallest absolute Gasteiger partial charge is 0.320 e. The third-order valence-electron chi connectivity index (χ3n) is 3.44. The van der Waals surface area contributed by atoms with Gasteiger partial charge in [0.1, 0.15) is 6.42 Å². The summed E-state index contributed by atoms with van der Waals surface area (Å²) in [6.45, 7) is 4.91. The van der Waals surface area contributed by atoms with Gasteiger partial charge in [0.15, 0.2) is 0 Å². The third kappa shape index (κ3) is 3.54. The highest BCUT2D eigenvalue weighted by molar-refractivity contribution is 5.71. The lowest BCUT2D eigenvalue weighted by atomic mass is 9.66. The number of nitrogens with zero attached hydrogens (tertiary/aromatic N) is 1. The van der Waals surface area contributed by atoms with E-state index in [1.165, 1.54) is 19.3 Å². The molecule has 1 saturated carbocycles. The molecule has 0 heterocycles. The lowest BCUT2D eigenvalue weighted by Gasteiger charge is -2.40. The van der Waals surface area contributed by atoms with Crippen LogP contribution in [0.1, 0.15) is 46.0 Å². The topological polar surface area (TPSA) is 50.1 Å². The predicted molar refractivity (Wildman–Crippen MR) is 56.9 cm³/mol. The average molecular weight is 209 g/mol. The Morgan fingerprint density at radius 2 is 2.20 bits per heavy atom. The van der Waals surface area contributed by atoms with Crippen LogP contribution in [0.4, 0.5) is 0 Å². The van der Waals surface area contributed by atoms with Crippen molar-refractivity contribution in [1.29, 1.82) is 5.26 Å². The van der Waals surface area contributed by atoms with E-state index in [1.54, 1.807) is 6.07 Å². The number of carbonyl (C=O) groups excluding carboxylic acids is 1. The molecular formula is C12H19NO2. The minimum Gasteiger partial charge on any atom is -0.465 e. The second kappa shape index (κ2) is 5.16. The van der Waals surface area contributed by atoms with Crippen molar-refractivity contribution in [3.63, 3.8) is 0 Å². The largest absolute Gasteiger partial charge is 0.465 e. The van der Waals surface area contributed by atoms with Crippen LogP contribution in [0.2, 0.25) is 0 Å². The number of nitriles is 1. The Morgan fingerprint density at radius 3 is 2.67 bits per heavy atom. The Hall–Kier alpha value is -1.04. The van der Waals surface area contributed by atoms with E-state index in [1.807, 2.05) is 0 Å². The van der Waals surface area contributed by atoms with Crippen LogP contribution in [0.5, 0.6) is 0 Å². The van der Waals surface area contributed by atoms with Gasteiger partial charge in [-0.2, -0.15) is 5.26 Å². The van der Waals surface area contributed by atoms with Gasteiger partial charge in [-0.25, -0.2) is 0 Å². The van der Waals surface area contributed by atoms with E-state index >= 15 is 0 Å². The number of esters is 1. The fraction of sp³-hybridized carbons (Fsp3) is 0.833. The molecule has 0 aromatic rings. The van der Waals surface area contributed by atoms with Crippen LogP contribution < -0.4 is 0 Å². The van der Waals surface area contributed by atoms with Gasteiger partial charge in [-0.15, -0.1) is 0 Å². The highest BCUT2D eigenvalue weighted by Gasteiger charge is 2.33. The molecule has 0 aliphatic heterocycles. The Bertz CT molecular complexity index is 261. The standard InChI is InChI=1S/C12H19NO2/c1-12(2,10-4-3-5-10)7-9-15-11(14)6-8-13/h10H,3-7,9H2,1-2H3. The zero-order valence-corrected chi connectivity index (χ0v) is 9.58. The number of ether oxygens (including phenoxy) is 1. The molecule has 3 nitrogen and oxygen atoms in total. The van der Waals surface area contributed by atoms with Crippen LogP contribution >= 0.6 is 0 Å². The Balaban J connectivity index is 2.18. The SMILES string of the molecule is CC(C)(CCOC(=O)CC#N)C1CCC1. The van der Waals surface area contributed by atoms with Crippen LogP contribution in [-0.2, 0) is 9.53 Å². The molecule has 0 bridgehead atoms. The van der Waals surface area contributed by atoms with Gasteiger partial charge in [-0.05, 0) is 30.6 Å². The normalized spacial score (nSPS) is 16.6. The van der Waals surface area contributed by atoms with Crippen LogP contribution in [-0.4, -0.2) is 12.6 Å². The van der Waals surface area contributed by atoms with E-state index in [-0.39, 0.29) is 11.8 Å². The zero-order chi connectivity index (χ0) is 11.3. The monoisotopic (exact) mass is 209 g/mol. The van der Waals surface area contributed by atoms with E-state index in [4.69, 9.17) is 10.00 Å². The molecule has 0 amide bonds. The van der Waals surface area contributed by atoms with Gasteiger partial charge in [-0.3, -0.25) is 4.79 Å². The minimum atomic E-state index is -0.401. The molecule has 1 aliphatic carbocycles. The van der Waals surface area contributed by atoms with Gasteiger partial charge in [0, 0.05) is 0 Å². The quantitative estimate of drug-likeness (QED) is 0.654. The van der Waals surface area contributed by atoms with Gasteiger partial charge < -0.3 is 4.74 Å². The Kier molecular flexibility index (Phi) is 4.14. The van der Waals surface area contributed by atoms with Crippen molar-refractivity contribution >= 4 is 5.97 Å². The van der Waals surface area contributed by atoms with Crippen LogP contribution in [0, 0.1) is 22.7 Å². The van der Waals surface area contributed by atoms with E-state index in [0.29, 0.717) is 6.61 Å². The summed E-state index contributed by atoms with van der Waals surface area (Å²) in [5.74, 6) is 0.383. The second-order valence-corrected chi connectivity index (χ2v) is 4.92. The van der Waals surface area contributed by atoms with Crippen molar-refractivity contribution in [2.75, 3.05) is 6.61 Å². The van der Waals surface area contributed by atoms with E-state index in [0.717, 1.165) is 12.3 Å². The van der Waals surface area contributed by atoms with Crippen molar-refractivity contribution < 1.29 is 9.53 Å². The summed E-state index contributed by atoms with van der Waals surface area (Å²) in [7, 11) is 0. The summed E-state index contributed by atoms with van der Waals surface area (Å²) in [6, 6.07) is 1.79. The minimum absolute atomic E-state index is 0.135. The van der Waals surface area contributed by atoms with Crippen molar-refractivity contribution in [2.24, 2.45) is 11.3 Å². The molecule has 0 atom stereocenters. The van der Waals surface area contributed by atoms with E-state index in [2.05, 4.69) is 13.8 Å². The molecule has 0 N–H and O–H groups in total. The van der Waals surface area contributed by atoms with Gasteiger partial charge in [0.05, 0.1) is 12.7 Å². The van der Waals surface area contributed by atoms with Crippen LogP contribution in [0.15, 0.2) is 0 Å². The van der Waals surface area contributed by atoms with Crippen molar-refractivity contribution in [1.82, 2.24) is 0 Å². The predicted octanol–water partition coefficient (Wildman–Crippen LogP) is 2.66. The van der Waals surface area contributed by atoms with E-state index in [9.17, 15) is 4.79 Å². The summed E-state index contributed by atoms with van der Waals surface area (Å²) < 4.78 is 4.98. The highest BCUT2D eigenvalue weighted by atomic mass is 16.5. The maximum atomic E-state index is 10.9. The summed E-state index contributed by atoms with van der Waals surface area (Å²) in [4.78, 5) is 10.9. The van der Waals surface area contributed by atoms with Gasteiger partial charge >= 0.3 is 5.97 Å². The molecule has 0 aromatic carbocycles. The van der Waals surface area contributed by atoms with Gasteiger partial charge in [0.25, 0.3) is 0 Å². The lowest BCUT2D eigenvalue weighted by Crippen LogP contribution is -2.31. The Morgan fingerprint density at radius 1 is 1.53 bits per heavy atom. The lowest BCUT2D eigenvalue weighted by molar-refractivity contribution is -0.143. The number of rotatable bonds is 5. The summed E-state index contributed by atoms with van der Waals surface area (Å²) in [5, 5.41) is 8.28. The fourth-order valence-corrected chi connectivity index (χ4v) is 1.94. The first kappa shape index (κ1) is 12.0. The third-order valence-corrected chi connectivity index (χ3v) is 3.44. The summed E-state index contributed by atoms with van der Waals surface area (Å²) in [6.07, 6.45) is 4.71. The molecule has 0 radical (unpaired) electrons. The molecule has 1 fully saturated rings. The first-order chi connectivity index (χ1) is 7.06. The fourth-order valence-electron chi connectivity index (χ4n) is 1.94. The second-order valence-electron chi connectivity index (χ2n) is 4.92. The average Bonchev–Trinajstić information content (AvgIpc) is 1.99. The zero-order valence-electron chi connectivity index (χ0n) is 9.58. The maximum Gasteiger partial charge on any atom is 0.320 e. The van der Waals surface area contributed by atoms with Gasteiger partial charge in [0.2, 0.25) is 0 Å². The molecule has 84 valence electrons. The van der Waals surface area contributed by atoms with Crippen LogP contribution in [0.3, 0.4) is 0 Å². The van der Waals surface area contributed by atoms with Crippen LogP contribution in [0.25, 0.3) is 0 Å². The number of hydrogen-bond acceptors (Lipinski definition) is 3. The van der Waals surface area contributed by atoms with Crippen molar-refractivity contribution in [2.45, 2.75) is 46.0 Å². The number of carbonyl (C=O) groups is 1. The summed E-state index contributed by atoms with van der Waals surface area (Å²) in [5.41, 5.74) is 0.269. The Labute approximate surface area is 91.4 Å². The molecular weight excluding hydrogens is 190 g/mol. The van der Waals surface area contributed by atoms with Crippen molar-refractivity contribution in [3.8, 4) is 6.07 Å². The number of hydrogen-bond donors (Lipinski definition) is 0. The molecule has 0 aromatic heterocycles. The molecule has 1 rings (SSSR count).